The van der Waals surface area contributed by atoms with Gasteiger partial charge in [-0.1, -0.05) is 13.8 Å². The molecule has 1 aromatic rings. The maximum absolute atomic E-state index is 12.7. The second kappa shape index (κ2) is 5.22. The molecule has 0 spiro atoms. The Morgan fingerprint density at radius 3 is 2.60 bits per heavy atom. The fourth-order valence-electron chi connectivity index (χ4n) is 2.45. The van der Waals surface area contributed by atoms with E-state index in [2.05, 4.69) is 15.4 Å². The number of hydrogen-bond acceptors (Lipinski definition) is 4. The zero-order valence-electron chi connectivity index (χ0n) is 12.4. The Labute approximate surface area is 118 Å². The third-order valence-corrected chi connectivity index (χ3v) is 4.02. The fraction of sp³-hybridized carbons (Fsp3) is 0.692. The van der Waals surface area contributed by atoms with Gasteiger partial charge in [0.1, 0.15) is 23.7 Å². The van der Waals surface area contributed by atoms with Crippen molar-refractivity contribution in [1.82, 2.24) is 25.0 Å². The van der Waals surface area contributed by atoms with Crippen molar-refractivity contribution in [2.45, 2.75) is 51.7 Å². The van der Waals surface area contributed by atoms with Crippen molar-refractivity contribution in [1.29, 1.82) is 0 Å². The van der Waals surface area contributed by atoms with E-state index in [-0.39, 0.29) is 11.8 Å². The van der Waals surface area contributed by atoms with Crippen molar-refractivity contribution in [2.75, 3.05) is 0 Å². The number of carbonyl (C=O) groups is 2. The van der Waals surface area contributed by atoms with Crippen LogP contribution in [0.25, 0.3) is 0 Å². The molecular formula is C13H21N5O2. The molecule has 20 heavy (non-hydrogen) atoms. The highest BCUT2D eigenvalue weighted by molar-refractivity contribution is 5.99. The van der Waals surface area contributed by atoms with Gasteiger partial charge in [0.2, 0.25) is 11.8 Å². The number of aromatic nitrogens is 3. The number of nitrogens with one attached hydrogen (secondary N) is 1. The maximum atomic E-state index is 12.7. The Balaban J connectivity index is 2.32. The van der Waals surface area contributed by atoms with Crippen LogP contribution in [0.3, 0.4) is 0 Å². The first-order chi connectivity index (χ1) is 9.42. The summed E-state index contributed by atoms with van der Waals surface area (Å²) in [5, 5.41) is 6.85. The highest BCUT2D eigenvalue weighted by Gasteiger charge is 2.46. The molecule has 2 amide bonds. The summed E-state index contributed by atoms with van der Waals surface area (Å²) in [5.74, 6) is 0.512. The lowest BCUT2D eigenvalue weighted by atomic mass is 9.91. The quantitative estimate of drug-likeness (QED) is 0.855. The molecular weight excluding hydrogens is 258 g/mol. The molecule has 110 valence electrons. The van der Waals surface area contributed by atoms with Crippen LogP contribution in [0.4, 0.5) is 0 Å². The molecule has 2 rings (SSSR count). The average molecular weight is 279 g/mol. The van der Waals surface area contributed by atoms with Gasteiger partial charge in [-0.05, 0) is 19.8 Å². The summed E-state index contributed by atoms with van der Waals surface area (Å²) in [7, 11) is 1.77. The number of nitrogens with zero attached hydrogens (tertiary/aromatic N) is 4. The lowest BCUT2D eigenvalue weighted by Gasteiger charge is -2.43. The molecule has 0 aromatic carbocycles. The summed E-state index contributed by atoms with van der Waals surface area (Å²) in [4.78, 5) is 30.7. The van der Waals surface area contributed by atoms with Gasteiger partial charge in [0.25, 0.3) is 0 Å². The van der Waals surface area contributed by atoms with Crippen LogP contribution >= 0.6 is 0 Å². The van der Waals surface area contributed by atoms with Gasteiger partial charge in [-0.25, -0.2) is 4.98 Å². The van der Waals surface area contributed by atoms with Crippen molar-refractivity contribution in [3.05, 3.63) is 12.2 Å². The van der Waals surface area contributed by atoms with Gasteiger partial charge in [0.15, 0.2) is 0 Å². The van der Waals surface area contributed by atoms with Crippen LogP contribution < -0.4 is 5.32 Å². The molecule has 1 aliphatic heterocycles. The minimum atomic E-state index is -0.832. The Kier molecular flexibility index (Phi) is 3.78. The van der Waals surface area contributed by atoms with E-state index >= 15 is 0 Å². The molecule has 0 saturated carbocycles. The third kappa shape index (κ3) is 2.28. The molecule has 7 nitrogen and oxygen atoms in total. The zero-order chi connectivity index (χ0) is 14.9. The zero-order valence-corrected chi connectivity index (χ0v) is 12.4. The average Bonchev–Trinajstić information content (AvgIpc) is 2.81. The van der Waals surface area contributed by atoms with E-state index in [0.717, 1.165) is 0 Å². The molecule has 7 heteroatoms. The molecule has 0 bridgehead atoms. The largest absolute Gasteiger partial charge is 0.340 e. The van der Waals surface area contributed by atoms with Crippen LogP contribution in [0, 0.1) is 0 Å². The molecule has 1 saturated heterocycles. The van der Waals surface area contributed by atoms with E-state index in [0.29, 0.717) is 25.2 Å². The summed E-state index contributed by atoms with van der Waals surface area (Å²) in [6.45, 7) is 5.86. The van der Waals surface area contributed by atoms with Gasteiger partial charge >= 0.3 is 0 Å². The molecule has 1 aromatic heterocycles. The maximum Gasteiger partial charge on any atom is 0.249 e. The van der Waals surface area contributed by atoms with E-state index in [9.17, 15) is 9.59 Å². The second-order valence-corrected chi connectivity index (χ2v) is 5.33. The predicted octanol–water partition coefficient (Wildman–Crippen LogP) is 0.221. The highest BCUT2D eigenvalue weighted by atomic mass is 16.2. The number of carbonyl (C=O) groups excluding carboxylic acids is 2. The predicted molar refractivity (Wildman–Crippen MR) is 72.5 cm³/mol. The Hall–Kier alpha value is -1.92. The van der Waals surface area contributed by atoms with Gasteiger partial charge < -0.3 is 10.2 Å². The molecule has 1 N–H and O–H groups in total. The third-order valence-electron chi connectivity index (χ3n) is 4.02. The number of amides is 2. The van der Waals surface area contributed by atoms with Crippen molar-refractivity contribution in [3.63, 3.8) is 0 Å². The molecule has 2 atom stereocenters. The number of piperazine rings is 1. The van der Waals surface area contributed by atoms with E-state index in [4.69, 9.17) is 0 Å². The van der Waals surface area contributed by atoms with Crippen LogP contribution in [-0.2, 0) is 23.2 Å². The van der Waals surface area contributed by atoms with Crippen LogP contribution in [0.15, 0.2) is 6.33 Å². The Morgan fingerprint density at radius 1 is 1.40 bits per heavy atom. The van der Waals surface area contributed by atoms with Gasteiger partial charge in [-0.15, -0.1) is 0 Å². The Bertz CT molecular complexity index is 527. The lowest BCUT2D eigenvalue weighted by Crippen LogP contribution is -2.68. The number of aryl methyl sites for hydroxylation is 1. The minimum Gasteiger partial charge on any atom is -0.340 e. The normalized spacial score (nSPS) is 26.8. The molecule has 2 unspecified atom stereocenters. The lowest BCUT2D eigenvalue weighted by molar-refractivity contribution is -0.155. The van der Waals surface area contributed by atoms with E-state index < -0.39 is 11.6 Å². The summed E-state index contributed by atoms with van der Waals surface area (Å²) >= 11 is 0. The topological polar surface area (TPSA) is 80.1 Å². The van der Waals surface area contributed by atoms with Crippen LogP contribution in [0.2, 0.25) is 0 Å². The van der Waals surface area contributed by atoms with Gasteiger partial charge in [-0.2, -0.15) is 5.10 Å². The second-order valence-electron chi connectivity index (χ2n) is 5.33. The van der Waals surface area contributed by atoms with E-state index in [1.165, 1.54) is 6.33 Å². The molecule has 0 radical (unpaired) electrons. The van der Waals surface area contributed by atoms with E-state index in [1.54, 1.807) is 23.6 Å². The van der Waals surface area contributed by atoms with Gasteiger partial charge in [0, 0.05) is 7.05 Å². The molecule has 0 aliphatic carbocycles. The minimum absolute atomic E-state index is 0.0607. The van der Waals surface area contributed by atoms with Crippen molar-refractivity contribution in [3.8, 4) is 0 Å². The SMILES string of the molecule is CCC1C(=O)NC(C)(CC)C(=O)N1Cc1ncnn1C. The van der Waals surface area contributed by atoms with Crippen molar-refractivity contribution < 1.29 is 9.59 Å². The standard InChI is InChI=1S/C13H21N5O2/c1-5-9-11(19)16-13(3,6-2)12(20)18(9)7-10-14-8-15-17(10)4/h8-9H,5-7H2,1-4H3,(H,16,19). The Morgan fingerprint density at radius 2 is 2.10 bits per heavy atom. The summed E-state index contributed by atoms with van der Waals surface area (Å²) in [6.07, 6.45) is 2.59. The van der Waals surface area contributed by atoms with Crippen molar-refractivity contribution in [2.24, 2.45) is 7.05 Å². The summed E-state index contributed by atoms with van der Waals surface area (Å²) < 4.78 is 1.62. The van der Waals surface area contributed by atoms with Crippen molar-refractivity contribution >= 4 is 11.8 Å². The van der Waals surface area contributed by atoms with Crippen LogP contribution in [-0.4, -0.2) is 43.1 Å². The smallest absolute Gasteiger partial charge is 0.249 e. The fourth-order valence-corrected chi connectivity index (χ4v) is 2.45. The van der Waals surface area contributed by atoms with Gasteiger partial charge in [-0.3, -0.25) is 14.3 Å². The molecule has 1 fully saturated rings. The van der Waals surface area contributed by atoms with Gasteiger partial charge in [0.05, 0.1) is 6.54 Å². The van der Waals surface area contributed by atoms with E-state index in [1.807, 2.05) is 13.8 Å². The molecule has 2 heterocycles. The number of hydrogen-bond donors (Lipinski definition) is 1. The first-order valence-corrected chi connectivity index (χ1v) is 6.89. The first-order valence-electron chi connectivity index (χ1n) is 6.89. The highest BCUT2D eigenvalue weighted by Crippen LogP contribution is 2.24. The monoisotopic (exact) mass is 279 g/mol. The summed E-state index contributed by atoms with van der Waals surface area (Å²) in [5.41, 5.74) is -0.832. The van der Waals surface area contributed by atoms with Crippen LogP contribution in [0.1, 0.15) is 39.4 Å². The molecule has 1 aliphatic rings. The first kappa shape index (κ1) is 14.5. The van der Waals surface area contributed by atoms with Crippen LogP contribution in [0.5, 0.6) is 0 Å². The number of rotatable bonds is 4. The summed E-state index contributed by atoms with van der Waals surface area (Å²) in [6, 6.07) is -0.446.